The molecule has 5 rings (SSSR count). The zero-order valence-electron chi connectivity index (χ0n) is 21.0. The standard InChI is InChI=1S/C33H33ClN2O/c34-31-19-11-10-18-29(31)33(28-16-8-3-9-17-28)36-21-20-25(24-36)23-35-32(37)22-30(26-12-4-1-5-13-26)27-14-6-2-7-15-27/h1-19,25,30,33H,20-24H2,(H,35,37). The Morgan fingerprint density at radius 3 is 1.92 bits per heavy atom. The number of likely N-dealkylation sites (tertiary alicyclic amines) is 1. The van der Waals surface area contributed by atoms with Gasteiger partial charge in [-0.05, 0) is 47.2 Å². The minimum atomic E-state index is 0.0464. The normalized spacial score (nSPS) is 16.5. The third-order valence-corrected chi connectivity index (χ3v) is 7.72. The van der Waals surface area contributed by atoms with E-state index in [1.807, 2.05) is 54.6 Å². The largest absolute Gasteiger partial charge is 0.356 e. The zero-order chi connectivity index (χ0) is 25.5. The lowest BCUT2D eigenvalue weighted by molar-refractivity contribution is -0.121. The summed E-state index contributed by atoms with van der Waals surface area (Å²) in [6.45, 7) is 2.59. The van der Waals surface area contributed by atoms with E-state index in [9.17, 15) is 4.79 Å². The van der Waals surface area contributed by atoms with Gasteiger partial charge in [0, 0.05) is 30.5 Å². The fourth-order valence-electron chi connectivity index (χ4n) is 5.50. The van der Waals surface area contributed by atoms with Crippen LogP contribution in [0.2, 0.25) is 5.02 Å². The van der Waals surface area contributed by atoms with Crippen molar-refractivity contribution >= 4 is 17.5 Å². The average molecular weight is 509 g/mol. The van der Waals surface area contributed by atoms with Crippen molar-refractivity contribution in [3.63, 3.8) is 0 Å². The molecule has 1 aliphatic rings. The van der Waals surface area contributed by atoms with E-state index in [0.29, 0.717) is 18.9 Å². The van der Waals surface area contributed by atoms with Crippen LogP contribution in [0.3, 0.4) is 0 Å². The Labute approximate surface area is 225 Å². The van der Waals surface area contributed by atoms with Crippen molar-refractivity contribution in [2.45, 2.75) is 24.8 Å². The second-order valence-electron chi connectivity index (χ2n) is 9.87. The lowest BCUT2D eigenvalue weighted by Crippen LogP contribution is -2.33. The van der Waals surface area contributed by atoms with Gasteiger partial charge in [0.2, 0.25) is 5.91 Å². The molecule has 4 aromatic carbocycles. The van der Waals surface area contributed by atoms with Crippen LogP contribution in [0, 0.1) is 5.92 Å². The van der Waals surface area contributed by atoms with Gasteiger partial charge in [-0.25, -0.2) is 0 Å². The molecule has 1 amide bonds. The summed E-state index contributed by atoms with van der Waals surface area (Å²) in [5, 5.41) is 4.05. The number of nitrogens with zero attached hydrogens (tertiary/aromatic N) is 1. The van der Waals surface area contributed by atoms with Crippen LogP contribution in [-0.4, -0.2) is 30.4 Å². The van der Waals surface area contributed by atoms with Gasteiger partial charge >= 0.3 is 0 Å². The molecule has 1 aliphatic heterocycles. The molecule has 1 N–H and O–H groups in total. The molecule has 4 aromatic rings. The van der Waals surface area contributed by atoms with Crippen LogP contribution < -0.4 is 5.32 Å². The molecule has 2 unspecified atom stereocenters. The summed E-state index contributed by atoms with van der Waals surface area (Å²) in [5.74, 6) is 0.552. The van der Waals surface area contributed by atoms with E-state index in [0.717, 1.165) is 30.1 Å². The van der Waals surface area contributed by atoms with Crippen LogP contribution in [0.25, 0.3) is 0 Å². The van der Waals surface area contributed by atoms with Crippen LogP contribution in [-0.2, 0) is 4.79 Å². The first-order chi connectivity index (χ1) is 18.2. The Kier molecular flexibility index (Phi) is 8.35. The van der Waals surface area contributed by atoms with Gasteiger partial charge in [0.1, 0.15) is 0 Å². The summed E-state index contributed by atoms with van der Waals surface area (Å²) in [7, 11) is 0. The highest BCUT2D eigenvalue weighted by Gasteiger charge is 2.31. The second-order valence-corrected chi connectivity index (χ2v) is 10.3. The maximum Gasteiger partial charge on any atom is 0.220 e. The van der Waals surface area contributed by atoms with Crippen molar-refractivity contribution in [2.75, 3.05) is 19.6 Å². The highest BCUT2D eigenvalue weighted by molar-refractivity contribution is 6.31. The molecule has 0 spiro atoms. The number of rotatable bonds is 9. The van der Waals surface area contributed by atoms with Gasteiger partial charge in [0.25, 0.3) is 0 Å². The van der Waals surface area contributed by atoms with Crippen LogP contribution in [0.5, 0.6) is 0 Å². The molecule has 0 bridgehead atoms. The first kappa shape index (κ1) is 25.3. The SMILES string of the molecule is O=C(CC(c1ccccc1)c1ccccc1)NCC1CCN(C(c2ccccc2)c2ccccc2Cl)C1. The van der Waals surface area contributed by atoms with E-state index in [1.165, 1.54) is 16.7 Å². The molecule has 1 heterocycles. The van der Waals surface area contributed by atoms with E-state index in [1.54, 1.807) is 0 Å². The lowest BCUT2D eigenvalue weighted by Gasteiger charge is -2.29. The molecule has 0 radical (unpaired) electrons. The summed E-state index contributed by atoms with van der Waals surface area (Å²) >= 11 is 6.65. The molecule has 1 fully saturated rings. The van der Waals surface area contributed by atoms with Gasteiger partial charge in [-0.2, -0.15) is 0 Å². The van der Waals surface area contributed by atoms with Gasteiger partial charge in [-0.1, -0.05) is 121 Å². The van der Waals surface area contributed by atoms with Crippen molar-refractivity contribution in [1.82, 2.24) is 10.2 Å². The molecule has 3 nitrogen and oxygen atoms in total. The number of amides is 1. The predicted molar refractivity (Wildman–Crippen MR) is 152 cm³/mol. The number of halogens is 1. The fourth-order valence-corrected chi connectivity index (χ4v) is 5.74. The van der Waals surface area contributed by atoms with E-state index >= 15 is 0 Å². The quantitative estimate of drug-likeness (QED) is 0.262. The van der Waals surface area contributed by atoms with Gasteiger partial charge in [0.15, 0.2) is 0 Å². The Morgan fingerprint density at radius 2 is 1.32 bits per heavy atom. The van der Waals surface area contributed by atoms with Gasteiger partial charge in [0.05, 0.1) is 6.04 Å². The molecule has 1 saturated heterocycles. The Hall–Kier alpha value is -3.40. The highest BCUT2D eigenvalue weighted by Crippen LogP contribution is 2.36. The first-order valence-corrected chi connectivity index (χ1v) is 13.5. The molecule has 2 atom stereocenters. The zero-order valence-corrected chi connectivity index (χ0v) is 21.7. The number of nitrogens with one attached hydrogen (secondary N) is 1. The second kappa shape index (κ2) is 12.2. The number of carbonyl (C=O) groups is 1. The molecular weight excluding hydrogens is 476 g/mol. The molecule has 0 aliphatic carbocycles. The van der Waals surface area contributed by atoms with Crippen LogP contribution in [0.15, 0.2) is 115 Å². The van der Waals surface area contributed by atoms with Crippen molar-refractivity contribution < 1.29 is 4.79 Å². The summed E-state index contributed by atoms with van der Waals surface area (Å²) in [6.07, 6.45) is 1.49. The summed E-state index contributed by atoms with van der Waals surface area (Å²) < 4.78 is 0. The maximum absolute atomic E-state index is 13.1. The highest BCUT2D eigenvalue weighted by atomic mass is 35.5. The third kappa shape index (κ3) is 6.30. The number of hydrogen-bond acceptors (Lipinski definition) is 2. The maximum atomic E-state index is 13.1. The molecule has 4 heteroatoms. The monoisotopic (exact) mass is 508 g/mol. The first-order valence-electron chi connectivity index (χ1n) is 13.1. The third-order valence-electron chi connectivity index (χ3n) is 7.38. The van der Waals surface area contributed by atoms with Crippen LogP contribution in [0.4, 0.5) is 0 Å². The smallest absolute Gasteiger partial charge is 0.220 e. The average Bonchev–Trinajstić information content (AvgIpc) is 3.42. The molecule has 37 heavy (non-hydrogen) atoms. The number of hydrogen-bond donors (Lipinski definition) is 1. The molecular formula is C33H33ClN2O. The topological polar surface area (TPSA) is 32.3 Å². The lowest BCUT2D eigenvalue weighted by atomic mass is 9.88. The van der Waals surface area contributed by atoms with Crippen molar-refractivity contribution in [2.24, 2.45) is 5.92 Å². The molecule has 0 saturated carbocycles. The van der Waals surface area contributed by atoms with E-state index < -0.39 is 0 Å². The van der Waals surface area contributed by atoms with E-state index in [4.69, 9.17) is 11.6 Å². The minimum Gasteiger partial charge on any atom is -0.356 e. The van der Waals surface area contributed by atoms with Crippen molar-refractivity contribution in [1.29, 1.82) is 0 Å². The Bertz CT molecular complexity index is 1240. The fraction of sp³-hybridized carbons (Fsp3) is 0.242. The summed E-state index contributed by atoms with van der Waals surface area (Å²) in [5.41, 5.74) is 4.71. The van der Waals surface area contributed by atoms with Crippen LogP contribution in [0.1, 0.15) is 47.1 Å². The Morgan fingerprint density at radius 1 is 0.784 bits per heavy atom. The molecule has 0 aromatic heterocycles. The van der Waals surface area contributed by atoms with E-state index in [2.05, 4.69) is 70.9 Å². The molecule has 188 valence electrons. The van der Waals surface area contributed by atoms with Crippen LogP contribution >= 0.6 is 11.6 Å². The van der Waals surface area contributed by atoms with Crippen molar-refractivity contribution in [3.8, 4) is 0 Å². The van der Waals surface area contributed by atoms with Crippen molar-refractivity contribution in [3.05, 3.63) is 143 Å². The van der Waals surface area contributed by atoms with Gasteiger partial charge < -0.3 is 5.32 Å². The Balaban J connectivity index is 1.24. The summed E-state index contributed by atoms with van der Waals surface area (Å²) in [6, 6.07) is 39.4. The predicted octanol–water partition coefficient (Wildman–Crippen LogP) is 7.09. The summed E-state index contributed by atoms with van der Waals surface area (Å²) in [4.78, 5) is 15.6. The number of benzene rings is 4. The van der Waals surface area contributed by atoms with Gasteiger partial charge in [-0.3, -0.25) is 9.69 Å². The minimum absolute atomic E-state index is 0.0464. The van der Waals surface area contributed by atoms with Gasteiger partial charge in [-0.15, -0.1) is 0 Å². The van der Waals surface area contributed by atoms with E-state index in [-0.39, 0.29) is 17.9 Å². The number of carbonyl (C=O) groups excluding carboxylic acids is 1.